The van der Waals surface area contributed by atoms with E-state index in [1.54, 1.807) is 30.5 Å². The number of morpholine rings is 1. The van der Waals surface area contributed by atoms with Crippen LogP contribution in [0, 0.1) is 15.5 Å². The quantitative estimate of drug-likeness (QED) is 0.0760. The molecule has 17 heteroatoms. The number of fused-ring (bicyclic) bond motifs is 1. The summed E-state index contributed by atoms with van der Waals surface area (Å²) in [6.07, 6.45) is 9.08. The lowest BCUT2D eigenvalue weighted by atomic mass is 9.72. The molecular weight excluding hydrogens is 868 g/mol. The van der Waals surface area contributed by atoms with Crippen molar-refractivity contribution in [3.8, 4) is 11.5 Å². The Labute approximate surface area is 384 Å². The Kier molecular flexibility index (Phi) is 12.9. The van der Waals surface area contributed by atoms with Crippen molar-refractivity contribution in [1.82, 2.24) is 24.5 Å². The van der Waals surface area contributed by atoms with Gasteiger partial charge in [0, 0.05) is 92.3 Å². The number of anilines is 2. The first-order valence-electron chi connectivity index (χ1n) is 22.4. The fraction of sp³-hybridized carbons (Fsp3) is 0.417. The van der Waals surface area contributed by atoms with Crippen molar-refractivity contribution < 1.29 is 27.6 Å². The smallest absolute Gasteiger partial charge is 0.293 e. The van der Waals surface area contributed by atoms with Crippen LogP contribution in [0.4, 0.5) is 17.1 Å². The van der Waals surface area contributed by atoms with Crippen LogP contribution in [0.5, 0.6) is 11.5 Å². The van der Waals surface area contributed by atoms with Crippen LogP contribution in [-0.4, -0.2) is 110 Å². The van der Waals surface area contributed by atoms with Crippen molar-refractivity contribution in [2.75, 3.05) is 69.2 Å². The topological polar surface area (TPSA) is 175 Å². The van der Waals surface area contributed by atoms with Gasteiger partial charge in [0.15, 0.2) is 0 Å². The number of aromatic amines is 1. The Bertz CT molecular complexity index is 2710. The van der Waals surface area contributed by atoms with Crippen molar-refractivity contribution in [3.05, 3.63) is 117 Å². The van der Waals surface area contributed by atoms with Crippen LogP contribution in [0.1, 0.15) is 68.3 Å². The zero-order valence-corrected chi connectivity index (χ0v) is 38.3. The molecule has 0 bridgehead atoms. The van der Waals surface area contributed by atoms with Crippen LogP contribution < -0.4 is 19.7 Å². The second-order valence-electron chi connectivity index (χ2n) is 18.4. The molecule has 2 saturated heterocycles. The van der Waals surface area contributed by atoms with E-state index in [1.165, 1.54) is 35.0 Å². The lowest BCUT2D eigenvalue weighted by Gasteiger charge is -2.39. The molecule has 1 saturated carbocycles. The summed E-state index contributed by atoms with van der Waals surface area (Å²) in [4.78, 5) is 39.9. The van der Waals surface area contributed by atoms with Gasteiger partial charge in [-0.3, -0.25) is 24.7 Å². The molecular formula is C48H55ClN8O7S. The number of pyridine rings is 1. The number of hydrogen-bond acceptors (Lipinski definition) is 12. The molecule has 5 aromatic rings. The maximum atomic E-state index is 14.0. The largest absolute Gasteiger partial charge is 0.455 e. The predicted molar refractivity (Wildman–Crippen MR) is 252 cm³/mol. The number of aromatic nitrogens is 2. The van der Waals surface area contributed by atoms with Crippen molar-refractivity contribution in [2.45, 2.75) is 69.4 Å². The third-order valence-electron chi connectivity index (χ3n) is 13.4. The number of benzene rings is 3. The summed E-state index contributed by atoms with van der Waals surface area (Å²) in [5.74, 6) is -0.458. The van der Waals surface area contributed by atoms with Crippen molar-refractivity contribution in [3.63, 3.8) is 0 Å². The third kappa shape index (κ3) is 10.3. The molecule has 342 valence electrons. The van der Waals surface area contributed by atoms with Crippen LogP contribution in [0.25, 0.3) is 16.6 Å². The van der Waals surface area contributed by atoms with Crippen molar-refractivity contribution in [1.29, 1.82) is 0 Å². The number of nitro benzene ring substituents is 1. The highest BCUT2D eigenvalue weighted by molar-refractivity contribution is 7.90. The van der Waals surface area contributed by atoms with Crippen LogP contribution >= 0.6 is 11.6 Å². The summed E-state index contributed by atoms with van der Waals surface area (Å²) in [5, 5.41) is 17.1. The highest BCUT2D eigenvalue weighted by Crippen LogP contribution is 2.44. The summed E-state index contributed by atoms with van der Waals surface area (Å²) in [5.41, 5.74) is 5.62. The first kappa shape index (κ1) is 44.7. The standard InChI is InChI=1S/C48H55ClN8O7S/c1-48(2)15-13-34(42(29-48)32-3-5-35(49)6-4-32)31-54-17-19-55(20-18-54)38-9-11-41(45(27-38)64-39-25-33-14-16-50-46(33)51-30-39)47(58)53-65(61,62)40-10-12-43(44(28-40)57(59)60)52-36-7-8-37(26-36)56-21-23-63-24-22-56/h3-6,9-12,14,16,25,27-28,30,36-37,52H,7-8,13,15,17-24,26,29,31H2,1-2H3,(H,50,51)(H,53,58)/t36-,37+/m1/s1. The molecule has 4 aliphatic rings. The Hall–Kier alpha value is -5.52. The van der Waals surface area contributed by atoms with Crippen LogP contribution in [0.15, 0.2) is 95.7 Å². The highest BCUT2D eigenvalue weighted by Gasteiger charge is 2.33. The molecule has 2 atom stereocenters. The van der Waals surface area contributed by atoms with E-state index in [9.17, 15) is 23.3 Å². The molecule has 15 nitrogen and oxygen atoms in total. The molecule has 2 aliphatic carbocycles. The second kappa shape index (κ2) is 18.8. The van der Waals surface area contributed by atoms with Gasteiger partial charge in [-0.1, -0.05) is 43.2 Å². The molecule has 0 unspecified atom stereocenters. The lowest BCUT2D eigenvalue weighted by Crippen LogP contribution is -2.47. The maximum Gasteiger partial charge on any atom is 0.293 e. The monoisotopic (exact) mass is 922 g/mol. The normalized spacial score (nSPS) is 20.8. The third-order valence-corrected chi connectivity index (χ3v) is 15.0. The van der Waals surface area contributed by atoms with Crippen molar-refractivity contribution in [2.24, 2.45) is 5.41 Å². The number of nitrogens with zero attached hydrogens (tertiary/aromatic N) is 5. The number of nitro groups is 1. The van der Waals surface area contributed by atoms with Gasteiger partial charge < -0.3 is 24.7 Å². The zero-order valence-electron chi connectivity index (χ0n) is 36.7. The number of allylic oxidation sites excluding steroid dienone is 1. The Morgan fingerprint density at radius 1 is 1.00 bits per heavy atom. The number of ether oxygens (including phenoxy) is 2. The van der Waals surface area contributed by atoms with E-state index in [0.29, 0.717) is 30.7 Å². The Morgan fingerprint density at radius 3 is 2.55 bits per heavy atom. The van der Waals surface area contributed by atoms with E-state index in [2.05, 4.69) is 60.7 Å². The van der Waals surface area contributed by atoms with Gasteiger partial charge in [-0.2, -0.15) is 0 Å². The number of carbonyl (C=O) groups excluding carboxylic acids is 1. The summed E-state index contributed by atoms with van der Waals surface area (Å²) >= 11 is 6.25. The van der Waals surface area contributed by atoms with E-state index in [-0.39, 0.29) is 28.5 Å². The fourth-order valence-electron chi connectivity index (χ4n) is 9.75. The van der Waals surface area contributed by atoms with Crippen LogP contribution in [0.3, 0.4) is 0 Å². The number of carbonyl (C=O) groups is 1. The van der Waals surface area contributed by atoms with Gasteiger partial charge in [-0.25, -0.2) is 18.1 Å². The number of halogens is 1. The lowest BCUT2D eigenvalue weighted by molar-refractivity contribution is -0.384. The first-order chi connectivity index (χ1) is 31.3. The number of amides is 1. The SMILES string of the molecule is CC1(C)CCC(CN2CCN(c3ccc(C(=O)NS(=O)(=O)c4ccc(N[C@@H]5CC[C@H](N6CCOCC6)C5)c([N+](=O)[O-])c4)c(Oc4cnc5[nH]ccc5c4)c3)CC2)=C(c2ccc(Cl)cc2)C1. The number of nitrogens with one attached hydrogen (secondary N) is 3. The summed E-state index contributed by atoms with van der Waals surface area (Å²) < 4.78 is 41.6. The molecule has 3 N–H and O–H groups in total. The molecule has 1 amide bonds. The summed E-state index contributed by atoms with van der Waals surface area (Å²) in [7, 11) is -4.57. The fourth-order valence-corrected chi connectivity index (χ4v) is 10.9. The minimum absolute atomic E-state index is 0.0110. The molecule has 4 heterocycles. The molecule has 3 aromatic carbocycles. The second-order valence-corrected chi connectivity index (χ2v) is 20.5. The molecule has 0 radical (unpaired) electrons. The van der Waals surface area contributed by atoms with E-state index < -0.39 is 31.4 Å². The molecule has 2 aromatic heterocycles. The van der Waals surface area contributed by atoms with Gasteiger partial charge >= 0.3 is 0 Å². The van der Waals surface area contributed by atoms with E-state index in [4.69, 9.17) is 21.1 Å². The molecule has 0 spiro atoms. The van der Waals surface area contributed by atoms with Gasteiger partial charge in [0.05, 0.1) is 34.8 Å². The average molecular weight is 924 g/mol. The van der Waals surface area contributed by atoms with E-state index >= 15 is 0 Å². The van der Waals surface area contributed by atoms with Gasteiger partial charge in [0.2, 0.25) is 0 Å². The number of hydrogen-bond donors (Lipinski definition) is 3. The van der Waals surface area contributed by atoms with Gasteiger partial charge in [-0.15, -0.1) is 0 Å². The predicted octanol–water partition coefficient (Wildman–Crippen LogP) is 8.49. The van der Waals surface area contributed by atoms with E-state index in [1.807, 2.05) is 18.2 Å². The highest BCUT2D eigenvalue weighted by atomic mass is 35.5. The van der Waals surface area contributed by atoms with Crippen molar-refractivity contribution >= 4 is 61.2 Å². The molecule has 9 rings (SSSR count). The molecule has 2 aliphatic heterocycles. The Morgan fingerprint density at radius 2 is 1.78 bits per heavy atom. The van der Waals surface area contributed by atoms with Gasteiger partial charge in [-0.05, 0) is 104 Å². The minimum Gasteiger partial charge on any atom is -0.455 e. The number of rotatable bonds is 13. The summed E-state index contributed by atoms with van der Waals surface area (Å²) in [6, 6.07) is 20.9. The first-order valence-corrected chi connectivity index (χ1v) is 24.3. The summed E-state index contributed by atoms with van der Waals surface area (Å²) in [6.45, 7) is 11.8. The van der Waals surface area contributed by atoms with Gasteiger partial charge in [0.25, 0.3) is 21.6 Å². The Balaban J connectivity index is 0.915. The number of sulfonamides is 1. The number of H-pyrrole nitrogens is 1. The average Bonchev–Trinajstić information content (AvgIpc) is 3.97. The molecule has 3 fully saturated rings. The van der Waals surface area contributed by atoms with Gasteiger partial charge in [0.1, 0.15) is 22.8 Å². The molecule has 65 heavy (non-hydrogen) atoms. The number of piperazine rings is 1. The minimum atomic E-state index is -4.57. The van der Waals surface area contributed by atoms with Crippen LogP contribution in [0.2, 0.25) is 5.02 Å². The van der Waals surface area contributed by atoms with E-state index in [0.717, 1.165) is 107 Å². The zero-order chi connectivity index (χ0) is 45.3. The van der Waals surface area contributed by atoms with Crippen LogP contribution in [-0.2, 0) is 14.8 Å². The maximum absolute atomic E-state index is 14.0.